The molecule has 0 radical (unpaired) electrons. The number of nitrogens with one attached hydrogen (secondary N) is 1. The van der Waals surface area contributed by atoms with Crippen LogP contribution in [0.2, 0.25) is 0 Å². The van der Waals surface area contributed by atoms with Crippen molar-refractivity contribution in [3.63, 3.8) is 0 Å². The zero-order valence-electron chi connectivity index (χ0n) is 17.7. The Bertz CT molecular complexity index is 733. The zero-order chi connectivity index (χ0) is 19.9. The quantitative estimate of drug-likeness (QED) is 0.769. The monoisotopic (exact) mass is 388 g/mol. The first-order valence-corrected chi connectivity index (χ1v) is 11.1. The molecule has 3 nitrogen and oxygen atoms in total. The van der Waals surface area contributed by atoms with Gasteiger partial charge >= 0.3 is 0 Å². The number of rotatable bonds is 4. The van der Waals surface area contributed by atoms with Gasteiger partial charge in [-0.1, -0.05) is 26.8 Å². The third-order valence-corrected chi connectivity index (χ3v) is 7.13. The van der Waals surface area contributed by atoms with Gasteiger partial charge in [0, 0.05) is 7.34 Å². The molecule has 2 fully saturated rings. The number of piperidine rings is 1. The Kier molecular flexibility index (Phi) is 5.28. The molecule has 1 saturated carbocycles. The first kappa shape index (κ1) is 19.9. The SMILES string of the molecule is CC(C)(C)CCN1CCC2(CC[C@@H](NC(=O)C3CC3)c3ccc(F)cc32)CC1.[HH]. The second-order valence-corrected chi connectivity index (χ2v) is 10.5. The molecular formula is C24H37FN2O. The van der Waals surface area contributed by atoms with E-state index in [4.69, 9.17) is 0 Å². The van der Waals surface area contributed by atoms with E-state index in [1.807, 2.05) is 6.07 Å². The van der Waals surface area contributed by atoms with Gasteiger partial charge in [0.25, 0.3) is 0 Å². The summed E-state index contributed by atoms with van der Waals surface area (Å²) in [7, 11) is 0. The molecule has 0 unspecified atom stereocenters. The number of halogens is 1. The summed E-state index contributed by atoms with van der Waals surface area (Å²) in [6.45, 7) is 10.2. The van der Waals surface area contributed by atoms with Gasteiger partial charge < -0.3 is 10.2 Å². The Hall–Kier alpha value is -1.42. The molecule has 0 bridgehead atoms. The number of hydrogen-bond donors (Lipinski definition) is 1. The highest BCUT2D eigenvalue weighted by Crippen LogP contribution is 2.48. The lowest BCUT2D eigenvalue weighted by molar-refractivity contribution is -0.123. The van der Waals surface area contributed by atoms with E-state index in [9.17, 15) is 9.18 Å². The Morgan fingerprint density at radius 3 is 2.57 bits per heavy atom. The van der Waals surface area contributed by atoms with E-state index in [0.29, 0.717) is 5.41 Å². The fourth-order valence-corrected chi connectivity index (χ4v) is 5.00. The number of carbonyl (C=O) groups excluding carboxylic acids is 1. The Labute approximate surface area is 170 Å². The fourth-order valence-electron chi connectivity index (χ4n) is 5.00. The highest BCUT2D eigenvalue weighted by Gasteiger charge is 2.43. The summed E-state index contributed by atoms with van der Waals surface area (Å²) in [4.78, 5) is 14.9. The molecule has 156 valence electrons. The zero-order valence-corrected chi connectivity index (χ0v) is 17.7. The lowest BCUT2D eigenvalue weighted by Gasteiger charge is -2.47. The van der Waals surface area contributed by atoms with Crippen LogP contribution >= 0.6 is 0 Å². The average Bonchev–Trinajstić information content (AvgIpc) is 3.48. The van der Waals surface area contributed by atoms with Crippen LogP contribution in [0.1, 0.15) is 84.3 Å². The predicted molar refractivity (Wildman–Crippen MR) is 113 cm³/mol. The molecule has 0 aromatic heterocycles. The van der Waals surface area contributed by atoms with Crippen LogP contribution in [0, 0.1) is 17.2 Å². The number of amides is 1. The first-order valence-electron chi connectivity index (χ1n) is 11.1. The van der Waals surface area contributed by atoms with Crippen molar-refractivity contribution in [3.05, 3.63) is 35.1 Å². The minimum atomic E-state index is -0.151. The van der Waals surface area contributed by atoms with Gasteiger partial charge in [-0.25, -0.2) is 4.39 Å². The van der Waals surface area contributed by atoms with Gasteiger partial charge in [0.1, 0.15) is 5.82 Å². The van der Waals surface area contributed by atoms with Crippen LogP contribution in [0.4, 0.5) is 4.39 Å². The standard InChI is InChI=1S/C24H35FN2O.H2/c1-23(2,3)10-13-27-14-11-24(12-15-27)9-8-21(26-22(28)17-4-5-17)19-7-6-18(25)16-20(19)24;/h6-7,16-17,21H,4-5,8-15H2,1-3H3,(H,26,28);1H/t21-;/m1./s1. The van der Waals surface area contributed by atoms with Gasteiger partial charge in [-0.05, 0) is 98.7 Å². The fraction of sp³-hybridized carbons (Fsp3) is 0.708. The Morgan fingerprint density at radius 1 is 1.21 bits per heavy atom. The van der Waals surface area contributed by atoms with E-state index in [1.54, 1.807) is 12.1 Å². The summed E-state index contributed by atoms with van der Waals surface area (Å²) in [6, 6.07) is 5.30. The second kappa shape index (κ2) is 7.44. The third kappa shape index (κ3) is 4.27. The van der Waals surface area contributed by atoms with E-state index >= 15 is 0 Å². The largest absolute Gasteiger partial charge is 0.349 e. The molecule has 1 aromatic carbocycles. The maximum atomic E-state index is 14.2. The summed E-state index contributed by atoms with van der Waals surface area (Å²) in [5.41, 5.74) is 2.76. The molecular weight excluding hydrogens is 351 g/mol. The molecule has 1 aliphatic heterocycles. The van der Waals surface area contributed by atoms with Crippen LogP contribution in [-0.2, 0) is 10.2 Å². The van der Waals surface area contributed by atoms with Crippen molar-refractivity contribution in [2.45, 2.75) is 77.2 Å². The molecule has 1 amide bonds. The van der Waals surface area contributed by atoms with Crippen molar-refractivity contribution in [3.8, 4) is 0 Å². The van der Waals surface area contributed by atoms with Crippen molar-refractivity contribution in [1.82, 2.24) is 10.2 Å². The molecule has 1 N–H and O–H groups in total. The lowest BCUT2D eigenvalue weighted by atomic mass is 9.63. The maximum Gasteiger partial charge on any atom is 0.223 e. The van der Waals surface area contributed by atoms with Crippen LogP contribution in [-0.4, -0.2) is 30.4 Å². The van der Waals surface area contributed by atoms with E-state index in [2.05, 4.69) is 31.0 Å². The van der Waals surface area contributed by atoms with Crippen LogP contribution in [0.5, 0.6) is 0 Å². The maximum absolute atomic E-state index is 14.2. The summed E-state index contributed by atoms with van der Waals surface area (Å²) >= 11 is 0. The third-order valence-electron chi connectivity index (χ3n) is 7.13. The van der Waals surface area contributed by atoms with Crippen LogP contribution in [0.3, 0.4) is 0 Å². The number of hydrogen-bond acceptors (Lipinski definition) is 2. The Balaban J connectivity index is 0.00000240. The Morgan fingerprint density at radius 2 is 1.93 bits per heavy atom. The topological polar surface area (TPSA) is 32.3 Å². The van der Waals surface area contributed by atoms with Crippen molar-refractivity contribution >= 4 is 5.91 Å². The second-order valence-electron chi connectivity index (χ2n) is 10.5. The van der Waals surface area contributed by atoms with Gasteiger partial charge in [-0.2, -0.15) is 0 Å². The molecule has 2 aliphatic carbocycles. The van der Waals surface area contributed by atoms with E-state index in [-0.39, 0.29) is 30.5 Å². The van der Waals surface area contributed by atoms with Crippen molar-refractivity contribution < 1.29 is 10.6 Å². The summed E-state index contributed by atoms with van der Waals surface area (Å²) < 4.78 is 14.2. The molecule has 4 heteroatoms. The minimum absolute atomic E-state index is 0. The number of nitrogens with zero attached hydrogens (tertiary/aromatic N) is 1. The highest BCUT2D eigenvalue weighted by molar-refractivity contribution is 5.81. The number of carbonyl (C=O) groups is 1. The predicted octanol–water partition coefficient (Wildman–Crippen LogP) is 5.20. The molecule has 1 spiro atoms. The normalized spacial score (nSPS) is 24.8. The van der Waals surface area contributed by atoms with Crippen LogP contribution < -0.4 is 5.32 Å². The van der Waals surface area contributed by atoms with Crippen molar-refractivity contribution in [1.29, 1.82) is 0 Å². The molecule has 3 aliphatic rings. The van der Waals surface area contributed by atoms with Crippen molar-refractivity contribution in [2.75, 3.05) is 19.6 Å². The van der Waals surface area contributed by atoms with E-state index in [0.717, 1.165) is 69.3 Å². The summed E-state index contributed by atoms with van der Waals surface area (Å²) in [5.74, 6) is 0.251. The summed E-state index contributed by atoms with van der Waals surface area (Å²) in [6.07, 6.45) is 7.45. The summed E-state index contributed by atoms with van der Waals surface area (Å²) in [5, 5.41) is 3.25. The van der Waals surface area contributed by atoms with E-state index < -0.39 is 0 Å². The first-order chi connectivity index (χ1) is 13.3. The van der Waals surface area contributed by atoms with E-state index in [1.165, 1.54) is 6.42 Å². The minimum Gasteiger partial charge on any atom is -0.349 e. The van der Waals surface area contributed by atoms with Gasteiger partial charge in [-0.15, -0.1) is 0 Å². The smallest absolute Gasteiger partial charge is 0.223 e. The van der Waals surface area contributed by atoms with Gasteiger partial charge in [0.2, 0.25) is 5.91 Å². The number of fused-ring (bicyclic) bond motifs is 2. The highest BCUT2D eigenvalue weighted by atomic mass is 19.1. The van der Waals surface area contributed by atoms with Gasteiger partial charge in [0.05, 0.1) is 6.04 Å². The lowest BCUT2D eigenvalue weighted by Crippen LogP contribution is -2.47. The number of benzene rings is 1. The molecule has 1 heterocycles. The number of likely N-dealkylation sites (tertiary alicyclic amines) is 1. The van der Waals surface area contributed by atoms with Gasteiger partial charge in [0.15, 0.2) is 0 Å². The van der Waals surface area contributed by atoms with Crippen LogP contribution in [0.25, 0.3) is 0 Å². The molecule has 28 heavy (non-hydrogen) atoms. The molecule has 4 rings (SSSR count). The molecule has 1 aromatic rings. The molecule has 1 saturated heterocycles. The average molecular weight is 389 g/mol. The van der Waals surface area contributed by atoms with Gasteiger partial charge in [-0.3, -0.25) is 4.79 Å². The van der Waals surface area contributed by atoms with Crippen LogP contribution in [0.15, 0.2) is 18.2 Å². The molecule has 1 atom stereocenters. The van der Waals surface area contributed by atoms with Crippen molar-refractivity contribution in [2.24, 2.45) is 11.3 Å².